The summed E-state index contributed by atoms with van der Waals surface area (Å²) in [5, 5.41) is 11.7. The molecule has 1 atom stereocenters. The van der Waals surface area contributed by atoms with Gasteiger partial charge in [0.05, 0.1) is 21.8 Å². The summed E-state index contributed by atoms with van der Waals surface area (Å²) in [6.07, 6.45) is 2.36. The third-order valence-corrected chi connectivity index (χ3v) is 6.17. The van der Waals surface area contributed by atoms with Crippen molar-refractivity contribution in [3.8, 4) is 0 Å². The second-order valence-electron chi connectivity index (χ2n) is 9.13. The molecule has 1 amide bonds. The molecule has 2 aromatic carbocycles. The van der Waals surface area contributed by atoms with E-state index in [9.17, 15) is 14.0 Å². The molecule has 0 fully saturated rings. The average Bonchev–Trinajstić information content (AvgIpc) is 3.09. The minimum atomic E-state index is -1.29. The fraction of sp³-hybridized carbons (Fsp3) is 0.423. The van der Waals surface area contributed by atoms with Gasteiger partial charge in [-0.3, -0.25) is 4.79 Å². The molecule has 0 saturated carbocycles. The molecule has 182 valence electrons. The highest BCUT2D eigenvalue weighted by atomic mass is 32.1. The largest absolute Gasteiger partial charge is 0.478 e. The van der Waals surface area contributed by atoms with Crippen LogP contribution in [0.5, 0.6) is 0 Å². The van der Waals surface area contributed by atoms with Crippen molar-refractivity contribution in [3.63, 3.8) is 0 Å². The number of hydrogen-bond acceptors (Lipinski definition) is 4. The fourth-order valence-corrected chi connectivity index (χ4v) is 4.59. The first-order valence-electron chi connectivity index (χ1n) is 11.6. The monoisotopic (exact) mass is 485 g/mol. The number of halogens is 1. The minimum Gasteiger partial charge on any atom is -0.478 e. The van der Waals surface area contributed by atoms with Gasteiger partial charge in [0.1, 0.15) is 11.6 Å². The highest BCUT2D eigenvalue weighted by molar-refractivity contribution is 7.81. The Morgan fingerprint density at radius 1 is 1.21 bits per heavy atom. The maximum absolute atomic E-state index is 14.3. The second kappa shape index (κ2) is 11.0. The van der Waals surface area contributed by atoms with Gasteiger partial charge < -0.3 is 15.0 Å². The summed E-state index contributed by atoms with van der Waals surface area (Å²) in [6.45, 7) is 8.92. The van der Waals surface area contributed by atoms with Crippen LogP contribution in [-0.2, 0) is 24.3 Å². The topological polar surface area (TPSA) is 84.2 Å². The van der Waals surface area contributed by atoms with Crippen LogP contribution < -0.4 is 5.32 Å². The molecule has 3 aromatic rings. The summed E-state index contributed by atoms with van der Waals surface area (Å²) in [5.74, 6) is -0.870. The maximum Gasteiger partial charge on any atom is 0.338 e. The summed E-state index contributed by atoms with van der Waals surface area (Å²) in [6, 6.07) is 8.22. The van der Waals surface area contributed by atoms with Gasteiger partial charge in [-0.25, -0.2) is 14.2 Å². The van der Waals surface area contributed by atoms with Crippen molar-refractivity contribution in [2.45, 2.75) is 65.3 Å². The van der Waals surface area contributed by atoms with Gasteiger partial charge in [-0.1, -0.05) is 32.9 Å². The first kappa shape index (κ1) is 25.7. The minimum absolute atomic E-state index is 0.0936. The van der Waals surface area contributed by atoms with Crippen LogP contribution in [0.25, 0.3) is 11.0 Å². The average molecular weight is 486 g/mol. The van der Waals surface area contributed by atoms with Crippen LogP contribution in [0.2, 0.25) is 0 Å². The van der Waals surface area contributed by atoms with Crippen LogP contribution in [0.1, 0.15) is 66.5 Å². The molecule has 34 heavy (non-hydrogen) atoms. The lowest BCUT2D eigenvalue weighted by molar-refractivity contribution is -0.120. The summed E-state index contributed by atoms with van der Waals surface area (Å²) in [7, 11) is 0. The Hall–Kier alpha value is -2.87. The van der Waals surface area contributed by atoms with E-state index in [1.165, 1.54) is 12.1 Å². The summed E-state index contributed by atoms with van der Waals surface area (Å²) in [5.41, 5.74) is 4.02. The van der Waals surface area contributed by atoms with Crippen molar-refractivity contribution < 1.29 is 19.1 Å². The number of carbonyl (C=O) groups is 2. The SMILES string of the molecule is CCCc1nc2c(C)cc(CNC(=O)[C@H](S)CC(C)C)cc2n1Cc1ccc(C(=O)O)c(F)c1. The molecule has 8 heteroatoms. The number of hydrogen-bond donors (Lipinski definition) is 3. The Kier molecular flexibility index (Phi) is 8.36. The van der Waals surface area contributed by atoms with Gasteiger partial charge in [-0.2, -0.15) is 12.6 Å². The first-order valence-corrected chi connectivity index (χ1v) is 12.1. The Bertz CT molecular complexity index is 1210. The normalized spacial score (nSPS) is 12.3. The number of nitrogens with one attached hydrogen (secondary N) is 1. The van der Waals surface area contributed by atoms with Gasteiger partial charge in [0.25, 0.3) is 0 Å². The quantitative estimate of drug-likeness (QED) is 0.347. The van der Waals surface area contributed by atoms with E-state index < -0.39 is 11.8 Å². The molecule has 6 nitrogen and oxygen atoms in total. The lowest BCUT2D eigenvalue weighted by atomic mass is 10.1. The fourth-order valence-electron chi connectivity index (χ4n) is 4.08. The Morgan fingerprint density at radius 3 is 2.56 bits per heavy atom. The Labute approximate surface area is 205 Å². The number of aromatic carboxylic acids is 1. The summed E-state index contributed by atoms with van der Waals surface area (Å²) >= 11 is 4.42. The van der Waals surface area contributed by atoms with Crippen LogP contribution >= 0.6 is 12.6 Å². The van der Waals surface area contributed by atoms with Crippen LogP contribution in [0.3, 0.4) is 0 Å². The van der Waals surface area contributed by atoms with E-state index in [0.29, 0.717) is 31.0 Å². The molecule has 0 bridgehead atoms. The van der Waals surface area contributed by atoms with E-state index in [4.69, 9.17) is 10.1 Å². The predicted octanol–water partition coefficient (Wildman–Crippen LogP) is 5.14. The predicted molar refractivity (Wildman–Crippen MR) is 135 cm³/mol. The zero-order valence-electron chi connectivity index (χ0n) is 20.1. The number of imidazole rings is 1. The van der Waals surface area contributed by atoms with Gasteiger partial charge in [-0.05, 0) is 60.6 Å². The van der Waals surface area contributed by atoms with Crippen molar-refractivity contribution >= 4 is 35.5 Å². The van der Waals surface area contributed by atoms with Crippen LogP contribution in [0.4, 0.5) is 4.39 Å². The van der Waals surface area contributed by atoms with E-state index in [1.54, 1.807) is 6.07 Å². The molecular weight excluding hydrogens is 453 g/mol. The van der Waals surface area contributed by atoms with Crippen LogP contribution in [0, 0.1) is 18.7 Å². The zero-order valence-corrected chi connectivity index (χ0v) is 21.0. The van der Waals surface area contributed by atoms with Gasteiger partial charge in [0, 0.05) is 19.5 Å². The Morgan fingerprint density at radius 2 is 1.94 bits per heavy atom. The number of carboxylic acids is 1. The van der Waals surface area contributed by atoms with Crippen molar-refractivity contribution in [2.24, 2.45) is 5.92 Å². The number of thiol groups is 1. The summed E-state index contributed by atoms with van der Waals surface area (Å²) < 4.78 is 16.3. The lowest BCUT2D eigenvalue weighted by Crippen LogP contribution is -2.31. The molecule has 1 heterocycles. The zero-order chi connectivity index (χ0) is 25.0. The molecule has 0 saturated heterocycles. The lowest BCUT2D eigenvalue weighted by Gasteiger charge is -2.14. The van der Waals surface area contributed by atoms with Crippen molar-refractivity contribution in [2.75, 3.05) is 0 Å². The number of aromatic nitrogens is 2. The van der Waals surface area contributed by atoms with Crippen LogP contribution in [-0.4, -0.2) is 31.8 Å². The molecule has 0 aliphatic heterocycles. The third-order valence-electron chi connectivity index (χ3n) is 5.73. The molecule has 0 aliphatic rings. The molecule has 1 aromatic heterocycles. The smallest absolute Gasteiger partial charge is 0.338 e. The second-order valence-corrected chi connectivity index (χ2v) is 9.75. The molecule has 3 rings (SSSR count). The molecule has 0 unspecified atom stereocenters. The van der Waals surface area contributed by atoms with Crippen molar-refractivity contribution in [1.82, 2.24) is 14.9 Å². The summed E-state index contributed by atoms with van der Waals surface area (Å²) in [4.78, 5) is 28.4. The number of fused-ring (bicyclic) bond motifs is 1. The van der Waals surface area contributed by atoms with Crippen LogP contribution in [0.15, 0.2) is 30.3 Å². The van der Waals surface area contributed by atoms with Crippen molar-refractivity contribution in [3.05, 3.63) is 64.2 Å². The maximum atomic E-state index is 14.3. The van der Waals surface area contributed by atoms with E-state index in [2.05, 4.69) is 38.7 Å². The first-order chi connectivity index (χ1) is 16.1. The van der Waals surface area contributed by atoms with E-state index in [1.807, 2.05) is 23.6 Å². The molecular formula is C26H32FN3O3S. The highest BCUT2D eigenvalue weighted by Crippen LogP contribution is 2.25. The van der Waals surface area contributed by atoms with E-state index >= 15 is 0 Å². The molecule has 0 radical (unpaired) electrons. The van der Waals surface area contributed by atoms with Gasteiger partial charge in [-0.15, -0.1) is 0 Å². The van der Waals surface area contributed by atoms with Gasteiger partial charge >= 0.3 is 5.97 Å². The van der Waals surface area contributed by atoms with Gasteiger partial charge in [0.2, 0.25) is 5.91 Å². The number of aryl methyl sites for hydroxylation is 2. The standard InChI is InChI=1S/C26H32FN3O3S/c1-5-6-23-29-24-16(4)10-18(13-28-25(31)22(34)9-15(2)3)12-21(24)30(23)14-17-7-8-19(26(32)33)20(27)11-17/h7-8,10-12,15,22,34H,5-6,9,13-14H2,1-4H3,(H,28,31)(H,32,33)/t22-/m1/s1. The molecule has 2 N–H and O–H groups in total. The highest BCUT2D eigenvalue weighted by Gasteiger charge is 2.18. The number of nitrogens with zero attached hydrogens (tertiary/aromatic N) is 2. The van der Waals surface area contributed by atoms with Gasteiger partial charge in [0.15, 0.2) is 0 Å². The molecule has 0 aliphatic carbocycles. The number of amides is 1. The van der Waals surface area contributed by atoms with E-state index in [0.717, 1.165) is 40.8 Å². The Balaban J connectivity index is 1.93. The number of rotatable bonds is 10. The molecule has 0 spiro atoms. The van der Waals surface area contributed by atoms with E-state index in [-0.39, 0.29) is 16.7 Å². The number of benzene rings is 2. The third kappa shape index (κ3) is 5.97. The number of carbonyl (C=O) groups excluding carboxylic acids is 1. The number of carboxylic acid groups (broad SMARTS) is 1. The van der Waals surface area contributed by atoms with Crippen molar-refractivity contribution in [1.29, 1.82) is 0 Å².